The molecule has 5 nitrogen and oxygen atoms in total. The van der Waals surface area contributed by atoms with Gasteiger partial charge in [-0.1, -0.05) is 6.42 Å². The first kappa shape index (κ1) is 15.2. The molecule has 2 rings (SSSR count). The van der Waals surface area contributed by atoms with E-state index in [1.54, 1.807) is 0 Å². The maximum atomic E-state index is 13.7. The molecule has 1 aliphatic heterocycles. The first-order valence-electron chi connectivity index (χ1n) is 6.65. The number of hydrogen-bond donors (Lipinski definition) is 2. The number of hydrogen-bond acceptors (Lipinski definition) is 4. The van der Waals surface area contributed by atoms with E-state index in [9.17, 15) is 12.8 Å². The summed E-state index contributed by atoms with van der Waals surface area (Å²) in [6.45, 7) is 1.26. The molecule has 0 radical (unpaired) electrons. The number of rotatable bonds is 4. The average Bonchev–Trinajstić information content (AvgIpc) is 2.37. The molecular formula is C13H20FN3O2S. The summed E-state index contributed by atoms with van der Waals surface area (Å²) in [5.41, 5.74) is 5.62. The maximum absolute atomic E-state index is 13.7. The maximum Gasteiger partial charge on any atom is 0.243 e. The molecule has 1 aromatic rings. The minimum atomic E-state index is -3.84. The Morgan fingerprint density at radius 1 is 1.45 bits per heavy atom. The SMILES string of the molecule is CN1CCCCC1CNS(=O)(=O)c1ccc(N)cc1F. The van der Waals surface area contributed by atoms with Gasteiger partial charge in [0.05, 0.1) is 0 Å². The highest BCUT2D eigenvalue weighted by Crippen LogP contribution is 2.18. The van der Waals surface area contributed by atoms with Gasteiger partial charge in [-0.3, -0.25) is 0 Å². The third-order valence-corrected chi connectivity index (χ3v) is 5.13. The van der Waals surface area contributed by atoms with Crippen molar-refractivity contribution in [1.82, 2.24) is 9.62 Å². The molecule has 1 heterocycles. The van der Waals surface area contributed by atoms with E-state index in [0.717, 1.165) is 31.9 Å². The molecule has 0 bridgehead atoms. The Morgan fingerprint density at radius 3 is 2.85 bits per heavy atom. The molecule has 7 heteroatoms. The van der Waals surface area contributed by atoms with Crippen LogP contribution in [0.3, 0.4) is 0 Å². The molecule has 1 saturated heterocycles. The average molecular weight is 301 g/mol. The van der Waals surface area contributed by atoms with Gasteiger partial charge < -0.3 is 10.6 Å². The summed E-state index contributed by atoms with van der Waals surface area (Å²) in [5, 5.41) is 0. The van der Waals surface area contributed by atoms with E-state index < -0.39 is 15.8 Å². The molecule has 0 aromatic heterocycles. The zero-order valence-corrected chi connectivity index (χ0v) is 12.3. The van der Waals surface area contributed by atoms with Crippen molar-refractivity contribution >= 4 is 15.7 Å². The predicted octanol–water partition coefficient (Wildman–Crippen LogP) is 1.17. The fraction of sp³-hybridized carbons (Fsp3) is 0.538. The highest BCUT2D eigenvalue weighted by molar-refractivity contribution is 7.89. The molecular weight excluding hydrogens is 281 g/mol. The fourth-order valence-electron chi connectivity index (χ4n) is 2.42. The third kappa shape index (κ3) is 3.47. The van der Waals surface area contributed by atoms with E-state index in [0.29, 0.717) is 6.54 Å². The van der Waals surface area contributed by atoms with Crippen LogP contribution in [-0.2, 0) is 10.0 Å². The highest BCUT2D eigenvalue weighted by Gasteiger charge is 2.23. The van der Waals surface area contributed by atoms with E-state index >= 15 is 0 Å². The summed E-state index contributed by atoms with van der Waals surface area (Å²) in [7, 11) is -1.86. The molecule has 0 spiro atoms. The summed E-state index contributed by atoms with van der Waals surface area (Å²) in [4.78, 5) is 1.77. The topological polar surface area (TPSA) is 75.4 Å². The lowest BCUT2D eigenvalue weighted by atomic mass is 10.0. The zero-order valence-electron chi connectivity index (χ0n) is 11.5. The van der Waals surface area contributed by atoms with Crippen molar-refractivity contribution in [2.24, 2.45) is 0 Å². The minimum Gasteiger partial charge on any atom is -0.399 e. The zero-order chi connectivity index (χ0) is 14.8. The van der Waals surface area contributed by atoms with Crippen molar-refractivity contribution in [2.45, 2.75) is 30.2 Å². The second-order valence-electron chi connectivity index (χ2n) is 5.17. The number of piperidine rings is 1. The number of nitrogen functional groups attached to an aromatic ring is 1. The third-order valence-electron chi connectivity index (χ3n) is 3.68. The summed E-state index contributed by atoms with van der Waals surface area (Å²) >= 11 is 0. The molecule has 0 saturated carbocycles. The molecule has 112 valence electrons. The van der Waals surface area contributed by atoms with Crippen molar-refractivity contribution in [3.63, 3.8) is 0 Å². The second kappa shape index (κ2) is 6.07. The van der Waals surface area contributed by atoms with Gasteiger partial charge >= 0.3 is 0 Å². The van der Waals surface area contributed by atoms with Crippen LogP contribution in [-0.4, -0.2) is 39.5 Å². The number of benzene rings is 1. The van der Waals surface area contributed by atoms with E-state index in [4.69, 9.17) is 5.73 Å². The molecule has 1 aromatic carbocycles. The van der Waals surface area contributed by atoms with E-state index in [-0.39, 0.29) is 16.6 Å². The van der Waals surface area contributed by atoms with E-state index in [1.165, 1.54) is 12.1 Å². The van der Waals surface area contributed by atoms with Crippen LogP contribution in [0, 0.1) is 5.82 Å². The standard InChI is InChI=1S/C13H20FN3O2S/c1-17-7-3-2-4-11(17)9-16-20(18,19)13-6-5-10(15)8-12(13)14/h5-6,8,11,16H,2-4,7,9,15H2,1H3. The molecule has 1 atom stereocenters. The van der Waals surface area contributed by atoms with Crippen LogP contribution in [0.5, 0.6) is 0 Å². The van der Waals surface area contributed by atoms with E-state index in [2.05, 4.69) is 9.62 Å². The van der Waals surface area contributed by atoms with Gasteiger partial charge in [-0.25, -0.2) is 17.5 Å². The lowest BCUT2D eigenvalue weighted by molar-refractivity contribution is 0.187. The summed E-state index contributed by atoms with van der Waals surface area (Å²) in [6.07, 6.45) is 3.17. The van der Waals surface area contributed by atoms with Gasteiger partial charge in [0.25, 0.3) is 0 Å². The van der Waals surface area contributed by atoms with Gasteiger partial charge in [-0.05, 0) is 44.6 Å². The number of halogens is 1. The number of nitrogens with one attached hydrogen (secondary N) is 1. The van der Waals surface area contributed by atoms with Crippen LogP contribution in [0.4, 0.5) is 10.1 Å². The Hall–Kier alpha value is -1.18. The quantitative estimate of drug-likeness (QED) is 0.819. The number of likely N-dealkylation sites (tertiary alicyclic amines) is 1. The first-order chi connectivity index (χ1) is 9.40. The van der Waals surface area contributed by atoms with Crippen molar-refractivity contribution in [3.8, 4) is 0 Å². The highest BCUT2D eigenvalue weighted by atomic mass is 32.2. The number of anilines is 1. The number of nitrogens with two attached hydrogens (primary N) is 1. The Labute approximate surface area is 119 Å². The molecule has 20 heavy (non-hydrogen) atoms. The van der Waals surface area contributed by atoms with Gasteiger partial charge in [-0.2, -0.15) is 0 Å². The lowest BCUT2D eigenvalue weighted by Crippen LogP contribution is -2.44. The first-order valence-corrected chi connectivity index (χ1v) is 8.13. The minimum absolute atomic E-state index is 0.162. The Kier molecular flexibility index (Phi) is 4.62. The van der Waals surface area contributed by atoms with Gasteiger partial charge in [0.1, 0.15) is 10.7 Å². The van der Waals surface area contributed by atoms with Crippen LogP contribution < -0.4 is 10.5 Å². The number of sulfonamides is 1. The Morgan fingerprint density at radius 2 is 2.20 bits per heavy atom. The Balaban J connectivity index is 2.07. The largest absolute Gasteiger partial charge is 0.399 e. The van der Waals surface area contributed by atoms with Crippen LogP contribution >= 0.6 is 0 Å². The molecule has 1 aliphatic rings. The smallest absolute Gasteiger partial charge is 0.243 e. The summed E-state index contributed by atoms with van der Waals surface area (Å²) in [5.74, 6) is -0.825. The monoisotopic (exact) mass is 301 g/mol. The molecule has 1 fully saturated rings. The number of likely N-dealkylation sites (N-methyl/N-ethyl adjacent to an activating group) is 1. The van der Waals surface area contributed by atoms with Crippen molar-refractivity contribution in [2.75, 3.05) is 25.9 Å². The summed E-state index contributed by atoms with van der Waals surface area (Å²) in [6, 6.07) is 3.75. The van der Waals surface area contributed by atoms with E-state index in [1.807, 2.05) is 7.05 Å². The fourth-order valence-corrected chi connectivity index (χ4v) is 3.55. The normalized spacial score (nSPS) is 21.0. The molecule has 3 N–H and O–H groups in total. The van der Waals surface area contributed by atoms with Crippen molar-refractivity contribution in [3.05, 3.63) is 24.0 Å². The molecule has 0 amide bonds. The van der Waals surface area contributed by atoms with Crippen LogP contribution in [0.15, 0.2) is 23.1 Å². The number of nitrogens with zero attached hydrogens (tertiary/aromatic N) is 1. The molecule has 0 aliphatic carbocycles. The van der Waals surface area contributed by atoms with Crippen LogP contribution in [0.25, 0.3) is 0 Å². The van der Waals surface area contributed by atoms with Gasteiger partial charge in [0.2, 0.25) is 10.0 Å². The van der Waals surface area contributed by atoms with Crippen molar-refractivity contribution < 1.29 is 12.8 Å². The second-order valence-corrected chi connectivity index (χ2v) is 6.91. The predicted molar refractivity (Wildman–Crippen MR) is 76.3 cm³/mol. The molecule has 1 unspecified atom stereocenters. The lowest BCUT2D eigenvalue weighted by Gasteiger charge is -2.32. The van der Waals surface area contributed by atoms with Gasteiger partial charge in [0.15, 0.2) is 0 Å². The van der Waals surface area contributed by atoms with Crippen LogP contribution in [0.2, 0.25) is 0 Å². The Bertz CT molecular complexity index is 577. The van der Waals surface area contributed by atoms with Crippen molar-refractivity contribution in [1.29, 1.82) is 0 Å². The van der Waals surface area contributed by atoms with Gasteiger partial charge in [0, 0.05) is 18.3 Å². The van der Waals surface area contributed by atoms with Crippen LogP contribution in [0.1, 0.15) is 19.3 Å². The van der Waals surface area contributed by atoms with Gasteiger partial charge in [-0.15, -0.1) is 0 Å². The summed E-state index contributed by atoms with van der Waals surface area (Å²) < 4.78 is 40.4.